The first-order valence-electron chi connectivity index (χ1n) is 5.52. The summed E-state index contributed by atoms with van der Waals surface area (Å²) in [7, 11) is 0. The summed E-state index contributed by atoms with van der Waals surface area (Å²) in [5, 5.41) is 11.4. The molecular formula is C13H11BrN2O2S. The van der Waals surface area contributed by atoms with Crippen LogP contribution < -0.4 is 0 Å². The van der Waals surface area contributed by atoms with E-state index in [9.17, 15) is 10.1 Å². The van der Waals surface area contributed by atoms with Gasteiger partial charge in [0.2, 0.25) is 0 Å². The normalized spacial score (nSPS) is 10.5. The number of pyridine rings is 1. The number of aromatic nitrogens is 1. The van der Waals surface area contributed by atoms with Crippen molar-refractivity contribution >= 4 is 33.4 Å². The molecule has 0 saturated carbocycles. The molecule has 0 saturated heterocycles. The van der Waals surface area contributed by atoms with E-state index in [2.05, 4.69) is 20.9 Å². The van der Waals surface area contributed by atoms with E-state index < -0.39 is 4.92 Å². The van der Waals surface area contributed by atoms with Gasteiger partial charge in [0.25, 0.3) is 0 Å². The molecule has 0 bridgehead atoms. The predicted octanol–water partition coefficient (Wildman–Crippen LogP) is 4.52. The summed E-state index contributed by atoms with van der Waals surface area (Å²) >= 11 is 4.51. The Balaban J connectivity index is 2.40. The first-order valence-corrected chi connectivity index (χ1v) is 7.13. The first-order chi connectivity index (χ1) is 8.97. The van der Waals surface area contributed by atoms with Gasteiger partial charge < -0.3 is 0 Å². The maximum Gasteiger partial charge on any atom is 0.302 e. The van der Waals surface area contributed by atoms with Crippen LogP contribution in [0.5, 0.6) is 0 Å². The summed E-state index contributed by atoms with van der Waals surface area (Å²) < 4.78 is 0.601. The average Bonchev–Trinajstić information content (AvgIpc) is 2.34. The van der Waals surface area contributed by atoms with Gasteiger partial charge in [-0.05, 0) is 41.4 Å². The van der Waals surface area contributed by atoms with E-state index in [1.165, 1.54) is 23.4 Å². The van der Waals surface area contributed by atoms with Crippen LogP contribution in [-0.2, 0) is 0 Å². The summed E-state index contributed by atoms with van der Waals surface area (Å²) in [6.45, 7) is 4.00. The molecule has 0 unspecified atom stereocenters. The Hall–Kier alpha value is -1.40. The molecule has 0 spiro atoms. The quantitative estimate of drug-likeness (QED) is 0.609. The number of halogens is 1. The highest BCUT2D eigenvalue weighted by Crippen LogP contribution is 2.36. The molecule has 1 aromatic carbocycles. The fourth-order valence-electron chi connectivity index (χ4n) is 1.64. The van der Waals surface area contributed by atoms with Crippen molar-refractivity contribution in [3.8, 4) is 0 Å². The van der Waals surface area contributed by atoms with Crippen LogP contribution >= 0.6 is 27.7 Å². The molecule has 0 aliphatic heterocycles. The molecule has 2 aromatic rings. The van der Waals surface area contributed by atoms with E-state index >= 15 is 0 Å². The topological polar surface area (TPSA) is 56.0 Å². The standard InChI is InChI=1S/C13H11BrN2O2S/c1-8-3-4-12(9(2)5-8)19-13-11(16(17)18)6-10(14)7-15-13/h3-7H,1-2H3. The van der Waals surface area contributed by atoms with Crippen molar-refractivity contribution in [2.45, 2.75) is 23.8 Å². The molecule has 1 heterocycles. The zero-order chi connectivity index (χ0) is 14.0. The van der Waals surface area contributed by atoms with Gasteiger partial charge in [-0.2, -0.15) is 0 Å². The van der Waals surface area contributed by atoms with Crippen molar-refractivity contribution in [3.63, 3.8) is 0 Å². The van der Waals surface area contributed by atoms with E-state index in [0.29, 0.717) is 9.50 Å². The summed E-state index contributed by atoms with van der Waals surface area (Å²) in [4.78, 5) is 15.7. The van der Waals surface area contributed by atoms with Crippen LogP contribution in [0, 0.1) is 24.0 Å². The molecule has 4 nitrogen and oxygen atoms in total. The summed E-state index contributed by atoms with van der Waals surface area (Å²) in [6, 6.07) is 7.47. The van der Waals surface area contributed by atoms with Crippen LogP contribution in [0.3, 0.4) is 0 Å². The van der Waals surface area contributed by atoms with Gasteiger partial charge in [0.05, 0.1) is 4.92 Å². The van der Waals surface area contributed by atoms with Crippen LogP contribution in [-0.4, -0.2) is 9.91 Å². The molecule has 0 aliphatic carbocycles. The van der Waals surface area contributed by atoms with Gasteiger partial charge in [0.1, 0.15) is 0 Å². The minimum atomic E-state index is -0.413. The van der Waals surface area contributed by atoms with E-state index in [-0.39, 0.29) is 5.69 Å². The van der Waals surface area contributed by atoms with E-state index in [1.807, 2.05) is 32.0 Å². The zero-order valence-electron chi connectivity index (χ0n) is 10.4. The third-order valence-corrected chi connectivity index (χ3v) is 4.15. The molecule has 0 atom stereocenters. The van der Waals surface area contributed by atoms with Gasteiger partial charge >= 0.3 is 5.69 Å². The van der Waals surface area contributed by atoms with Gasteiger partial charge in [-0.1, -0.05) is 29.5 Å². The molecule has 0 fully saturated rings. The molecule has 19 heavy (non-hydrogen) atoms. The second kappa shape index (κ2) is 5.71. The molecule has 0 aliphatic rings. The van der Waals surface area contributed by atoms with Crippen LogP contribution in [0.2, 0.25) is 0 Å². The van der Waals surface area contributed by atoms with Crippen molar-refractivity contribution in [2.24, 2.45) is 0 Å². The highest BCUT2D eigenvalue weighted by Gasteiger charge is 2.17. The average molecular weight is 339 g/mol. The van der Waals surface area contributed by atoms with Crippen LogP contribution in [0.15, 0.2) is 44.9 Å². The lowest BCUT2D eigenvalue weighted by atomic mass is 10.2. The lowest BCUT2D eigenvalue weighted by Gasteiger charge is -2.06. The molecule has 1 aromatic heterocycles. The number of nitro groups is 1. The maximum absolute atomic E-state index is 11.0. The van der Waals surface area contributed by atoms with Crippen molar-refractivity contribution in [2.75, 3.05) is 0 Å². The second-order valence-corrected chi connectivity index (χ2v) is 6.05. The third-order valence-electron chi connectivity index (χ3n) is 2.53. The smallest absolute Gasteiger partial charge is 0.258 e. The predicted molar refractivity (Wildman–Crippen MR) is 78.6 cm³/mol. The van der Waals surface area contributed by atoms with Gasteiger partial charge in [-0.15, -0.1) is 0 Å². The SMILES string of the molecule is Cc1ccc(Sc2ncc(Br)cc2[N+](=O)[O-])c(C)c1. The second-order valence-electron chi connectivity index (χ2n) is 4.11. The molecule has 0 amide bonds. The molecule has 98 valence electrons. The van der Waals surface area contributed by atoms with E-state index in [1.54, 1.807) is 6.20 Å². The summed E-state index contributed by atoms with van der Waals surface area (Å²) in [5.74, 6) is 0. The Bertz CT molecular complexity index is 647. The summed E-state index contributed by atoms with van der Waals surface area (Å²) in [6.07, 6.45) is 1.57. The van der Waals surface area contributed by atoms with Crippen molar-refractivity contribution < 1.29 is 4.92 Å². The molecule has 6 heteroatoms. The van der Waals surface area contributed by atoms with Crippen molar-refractivity contribution in [3.05, 3.63) is 56.2 Å². The summed E-state index contributed by atoms with van der Waals surface area (Å²) in [5.41, 5.74) is 2.27. The lowest BCUT2D eigenvalue weighted by Crippen LogP contribution is -1.94. The minimum absolute atomic E-state index is 0.0133. The number of hydrogen-bond acceptors (Lipinski definition) is 4. The lowest BCUT2D eigenvalue weighted by molar-refractivity contribution is -0.388. The van der Waals surface area contributed by atoms with Crippen LogP contribution in [0.25, 0.3) is 0 Å². The highest BCUT2D eigenvalue weighted by atomic mass is 79.9. The van der Waals surface area contributed by atoms with E-state index in [4.69, 9.17) is 0 Å². The van der Waals surface area contributed by atoms with Crippen molar-refractivity contribution in [1.29, 1.82) is 0 Å². The Morgan fingerprint density at radius 2 is 2.05 bits per heavy atom. The van der Waals surface area contributed by atoms with Gasteiger partial charge in [-0.25, -0.2) is 4.98 Å². The molecule has 2 rings (SSSR count). The number of nitrogens with zero attached hydrogens (tertiary/aromatic N) is 2. The minimum Gasteiger partial charge on any atom is -0.258 e. The van der Waals surface area contributed by atoms with Gasteiger partial charge in [0.15, 0.2) is 5.03 Å². The molecule has 0 radical (unpaired) electrons. The largest absolute Gasteiger partial charge is 0.302 e. The van der Waals surface area contributed by atoms with E-state index in [0.717, 1.165) is 10.5 Å². The Labute approximate surface area is 123 Å². The number of benzene rings is 1. The number of rotatable bonds is 3. The fraction of sp³-hybridized carbons (Fsp3) is 0.154. The first kappa shape index (κ1) is 14.0. The fourth-order valence-corrected chi connectivity index (χ4v) is 2.87. The molecular weight excluding hydrogens is 328 g/mol. The Morgan fingerprint density at radius 1 is 1.32 bits per heavy atom. The molecule has 0 N–H and O–H groups in total. The monoisotopic (exact) mass is 338 g/mol. The van der Waals surface area contributed by atoms with Crippen LogP contribution in [0.1, 0.15) is 11.1 Å². The highest BCUT2D eigenvalue weighted by molar-refractivity contribution is 9.10. The Morgan fingerprint density at radius 3 is 2.68 bits per heavy atom. The van der Waals surface area contributed by atoms with Gasteiger partial charge in [-0.3, -0.25) is 10.1 Å². The van der Waals surface area contributed by atoms with Gasteiger partial charge in [0, 0.05) is 21.6 Å². The number of hydrogen-bond donors (Lipinski definition) is 0. The zero-order valence-corrected chi connectivity index (χ0v) is 12.8. The Kier molecular flexibility index (Phi) is 4.21. The number of aryl methyl sites for hydroxylation is 2. The maximum atomic E-state index is 11.0. The van der Waals surface area contributed by atoms with Crippen LogP contribution in [0.4, 0.5) is 5.69 Å². The third kappa shape index (κ3) is 3.33. The van der Waals surface area contributed by atoms with Crippen molar-refractivity contribution in [1.82, 2.24) is 4.98 Å².